The molecular formula is C13H20N4O3. The molecule has 0 aromatic carbocycles. The second-order valence-corrected chi connectivity index (χ2v) is 5.21. The smallest absolute Gasteiger partial charge is 0.326 e. The van der Waals surface area contributed by atoms with Crippen LogP contribution in [-0.2, 0) is 0 Å². The first-order valence-corrected chi connectivity index (χ1v) is 6.79. The van der Waals surface area contributed by atoms with Crippen molar-refractivity contribution in [2.75, 3.05) is 14.1 Å². The molecule has 1 amide bonds. The number of hydrogen-bond acceptors (Lipinski definition) is 4. The van der Waals surface area contributed by atoms with Crippen LogP contribution in [0.1, 0.15) is 36.2 Å². The van der Waals surface area contributed by atoms with Crippen LogP contribution in [0.15, 0.2) is 15.7 Å². The van der Waals surface area contributed by atoms with E-state index in [2.05, 4.69) is 15.3 Å². The molecule has 1 aliphatic carbocycles. The fourth-order valence-corrected chi connectivity index (χ4v) is 2.69. The maximum Gasteiger partial charge on any atom is 0.326 e. The normalized spacial score (nSPS) is 22.5. The van der Waals surface area contributed by atoms with E-state index in [-0.39, 0.29) is 17.6 Å². The summed E-state index contributed by atoms with van der Waals surface area (Å²) < 4.78 is 0. The number of carbonyl (C=O) groups is 1. The third kappa shape index (κ3) is 3.16. The molecule has 2 rings (SSSR count). The van der Waals surface area contributed by atoms with E-state index in [1.807, 2.05) is 7.05 Å². The minimum atomic E-state index is -0.659. The first-order valence-electron chi connectivity index (χ1n) is 6.79. The Labute approximate surface area is 116 Å². The molecule has 0 atom stereocenters. The number of amides is 1. The van der Waals surface area contributed by atoms with Crippen LogP contribution >= 0.6 is 0 Å². The maximum atomic E-state index is 12.3. The molecular weight excluding hydrogens is 260 g/mol. The van der Waals surface area contributed by atoms with E-state index >= 15 is 0 Å². The van der Waals surface area contributed by atoms with Gasteiger partial charge in [-0.1, -0.05) is 0 Å². The van der Waals surface area contributed by atoms with Crippen molar-refractivity contribution in [3.63, 3.8) is 0 Å². The molecule has 1 fully saturated rings. The SMILES string of the molecule is CNC1CCC(N(C)C(=O)c2cc(=O)[nH]c(=O)[nH]2)CC1. The van der Waals surface area contributed by atoms with Gasteiger partial charge in [0.1, 0.15) is 5.69 Å². The highest BCUT2D eigenvalue weighted by molar-refractivity contribution is 5.92. The quantitative estimate of drug-likeness (QED) is 0.706. The molecule has 20 heavy (non-hydrogen) atoms. The van der Waals surface area contributed by atoms with Crippen LogP contribution in [0.25, 0.3) is 0 Å². The summed E-state index contributed by atoms with van der Waals surface area (Å²) in [5.74, 6) is -0.318. The summed E-state index contributed by atoms with van der Waals surface area (Å²) in [6.07, 6.45) is 3.87. The van der Waals surface area contributed by atoms with Gasteiger partial charge in [0.25, 0.3) is 11.5 Å². The van der Waals surface area contributed by atoms with Crippen molar-refractivity contribution in [2.24, 2.45) is 0 Å². The van der Waals surface area contributed by atoms with E-state index in [0.29, 0.717) is 6.04 Å². The molecule has 0 unspecified atom stereocenters. The summed E-state index contributed by atoms with van der Waals surface area (Å²) in [6.45, 7) is 0. The summed E-state index contributed by atoms with van der Waals surface area (Å²) >= 11 is 0. The molecule has 0 radical (unpaired) electrons. The summed E-state index contributed by atoms with van der Waals surface area (Å²) in [4.78, 5) is 40.8. The molecule has 7 heteroatoms. The lowest BCUT2D eigenvalue weighted by atomic mass is 9.90. The zero-order chi connectivity index (χ0) is 14.7. The van der Waals surface area contributed by atoms with Gasteiger partial charge in [-0.25, -0.2) is 4.79 Å². The average molecular weight is 280 g/mol. The zero-order valence-electron chi connectivity index (χ0n) is 11.7. The van der Waals surface area contributed by atoms with Gasteiger partial charge < -0.3 is 15.2 Å². The first kappa shape index (κ1) is 14.5. The van der Waals surface area contributed by atoms with E-state index in [1.165, 1.54) is 0 Å². The Morgan fingerprint density at radius 1 is 1.25 bits per heavy atom. The Morgan fingerprint density at radius 3 is 2.45 bits per heavy atom. The van der Waals surface area contributed by atoms with E-state index in [9.17, 15) is 14.4 Å². The van der Waals surface area contributed by atoms with Crippen molar-refractivity contribution in [1.29, 1.82) is 0 Å². The molecule has 1 aromatic rings. The molecule has 0 bridgehead atoms. The molecule has 110 valence electrons. The van der Waals surface area contributed by atoms with E-state index in [0.717, 1.165) is 31.7 Å². The third-order valence-corrected chi connectivity index (χ3v) is 3.96. The minimum absolute atomic E-state index is 0.0389. The summed E-state index contributed by atoms with van der Waals surface area (Å²) in [7, 11) is 3.66. The van der Waals surface area contributed by atoms with Crippen molar-refractivity contribution in [3.05, 3.63) is 32.6 Å². The van der Waals surface area contributed by atoms with E-state index < -0.39 is 11.2 Å². The van der Waals surface area contributed by atoms with Gasteiger partial charge in [0.05, 0.1) is 0 Å². The highest BCUT2D eigenvalue weighted by Crippen LogP contribution is 2.22. The van der Waals surface area contributed by atoms with E-state index in [4.69, 9.17) is 0 Å². The Bertz CT molecular complexity index is 556. The van der Waals surface area contributed by atoms with Crippen molar-refractivity contribution < 1.29 is 4.79 Å². The number of H-pyrrole nitrogens is 2. The van der Waals surface area contributed by atoms with Gasteiger partial charge in [-0.05, 0) is 32.7 Å². The number of aromatic nitrogens is 2. The molecule has 0 saturated heterocycles. The lowest BCUT2D eigenvalue weighted by Crippen LogP contribution is -2.43. The molecule has 3 N–H and O–H groups in total. The number of hydrogen-bond donors (Lipinski definition) is 3. The third-order valence-electron chi connectivity index (χ3n) is 3.96. The van der Waals surface area contributed by atoms with Gasteiger partial charge in [-0.2, -0.15) is 0 Å². The van der Waals surface area contributed by atoms with Crippen LogP contribution in [0.3, 0.4) is 0 Å². The van der Waals surface area contributed by atoms with Crippen molar-refractivity contribution in [1.82, 2.24) is 20.2 Å². The summed E-state index contributed by atoms with van der Waals surface area (Å²) in [5.41, 5.74) is -1.19. The molecule has 1 saturated carbocycles. The Morgan fingerprint density at radius 2 is 1.90 bits per heavy atom. The van der Waals surface area contributed by atoms with Crippen LogP contribution in [0.2, 0.25) is 0 Å². The Balaban J connectivity index is 2.09. The minimum Gasteiger partial charge on any atom is -0.337 e. The second kappa shape index (κ2) is 6.04. The molecule has 0 aliphatic heterocycles. The summed E-state index contributed by atoms with van der Waals surface area (Å²) in [5, 5.41) is 3.24. The molecule has 0 spiro atoms. The second-order valence-electron chi connectivity index (χ2n) is 5.21. The van der Waals surface area contributed by atoms with Crippen LogP contribution in [0.4, 0.5) is 0 Å². The van der Waals surface area contributed by atoms with Gasteiger partial charge in [-0.15, -0.1) is 0 Å². The largest absolute Gasteiger partial charge is 0.337 e. The monoisotopic (exact) mass is 280 g/mol. The zero-order valence-corrected chi connectivity index (χ0v) is 11.7. The molecule has 7 nitrogen and oxygen atoms in total. The van der Waals surface area contributed by atoms with Crippen LogP contribution in [-0.4, -0.2) is 47.0 Å². The molecule has 1 aromatic heterocycles. The highest BCUT2D eigenvalue weighted by Gasteiger charge is 2.26. The molecule has 1 aliphatic rings. The molecule has 1 heterocycles. The topological polar surface area (TPSA) is 98.1 Å². The summed E-state index contributed by atoms with van der Waals surface area (Å²) in [6, 6.07) is 1.78. The van der Waals surface area contributed by atoms with E-state index in [1.54, 1.807) is 11.9 Å². The number of aromatic amines is 2. The standard InChI is InChI=1S/C13H20N4O3/c1-14-8-3-5-9(6-4-8)17(2)12(19)10-7-11(18)16-13(20)15-10/h7-9,14H,3-6H2,1-2H3,(H2,15,16,18,20). The van der Waals surface area contributed by atoms with Crippen molar-refractivity contribution in [2.45, 2.75) is 37.8 Å². The van der Waals surface area contributed by atoms with Gasteiger partial charge in [-0.3, -0.25) is 14.6 Å². The van der Waals surface area contributed by atoms with Crippen molar-refractivity contribution in [3.8, 4) is 0 Å². The van der Waals surface area contributed by atoms with Gasteiger partial charge in [0, 0.05) is 25.2 Å². The fourth-order valence-electron chi connectivity index (χ4n) is 2.69. The lowest BCUT2D eigenvalue weighted by molar-refractivity contribution is 0.0679. The van der Waals surface area contributed by atoms with Crippen LogP contribution in [0.5, 0.6) is 0 Å². The van der Waals surface area contributed by atoms with Crippen LogP contribution in [0, 0.1) is 0 Å². The number of carbonyl (C=O) groups excluding carboxylic acids is 1. The van der Waals surface area contributed by atoms with Gasteiger partial charge in [0.2, 0.25) is 0 Å². The van der Waals surface area contributed by atoms with Crippen molar-refractivity contribution >= 4 is 5.91 Å². The highest BCUT2D eigenvalue weighted by atomic mass is 16.2. The first-order chi connectivity index (χ1) is 9.51. The number of nitrogens with zero attached hydrogens (tertiary/aromatic N) is 1. The lowest BCUT2D eigenvalue weighted by Gasteiger charge is -2.34. The predicted octanol–water partition coefficient (Wildman–Crippen LogP) is -0.334. The fraction of sp³-hybridized carbons (Fsp3) is 0.615. The van der Waals surface area contributed by atoms with Gasteiger partial charge >= 0.3 is 5.69 Å². The Kier molecular flexibility index (Phi) is 4.39. The van der Waals surface area contributed by atoms with Gasteiger partial charge in [0.15, 0.2) is 0 Å². The predicted molar refractivity (Wildman–Crippen MR) is 74.9 cm³/mol. The average Bonchev–Trinajstić information content (AvgIpc) is 2.45. The maximum absolute atomic E-state index is 12.3. The van der Waals surface area contributed by atoms with Crippen LogP contribution < -0.4 is 16.6 Å². The number of rotatable bonds is 3. The number of nitrogens with one attached hydrogen (secondary N) is 3. The Hall–Kier alpha value is -1.89.